The number of benzene rings is 1. The molecule has 0 aliphatic carbocycles. The van der Waals surface area contributed by atoms with Crippen molar-refractivity contribution in [3.63, 3.8) is 0 Å². The molecule has 1 aromatic carbocycles. The summed E-state index contributed by atoms with van der Waals surface area (Å²) in [6.07, 6.45) is 0. The van der Waals surface area contributed by atoms with Gasteiger partial charge in [0.1, 0.15) is 0 Å². The molecule has 4 nitrogen and oxygen atoms in total. The first-order valence-electron chi connectivity index (χ1n) is 5.83. The molecule has 0 bridgehead atoms. The van der Waals surface area contributed by atoms with Crippen molar-refractivity contribution in [3.8, 4) is 0 Å². The summed E-state index contributed by atoms with van der Waals surface area (Å²) in [5.74, 6) is 0.608. The number of hydrogen-bond donors (Lipinski definition) is 1. The normalized spacial score (nSPS) is 19.0. The van der Waals surface area contributed by atoms with E-state index in [2.05, 4.69) is 32.4 Å². The van der Waals surface area contributed by atoms with Crippen LogP contribution in [0.5, 0.6) is 0 Å². The molecule has 0 saturated heterocycles. The van der Waals surface area contributed by atoms with Crippen molar-refractivity contribution in [3.05, 3.63) is 52.5 Å². The van der Waals surface area contributed by atoms with E-state index in [9.17, 15) is 0 Å². The average Bonchev–Trinajstić information content (AvgIpc) is 3.02. The van der Waals surface area contributed by atoms with Crippen LogP contribution in [0, 0.1) is 0 Å². The molecular weight excluding hydrogens is 244 g/mol. The summed E-state index contributed by atoms with van der Waals surface area (Å²) in [6, 6.07) is 10.5. The number of nitrogens with two attached hydrogens (primary N) is 1. The maximum Gasteiger partial charge on any atom is 0.192 e. The van der Waals surface area contributed by atoms with Gasteiger partial charge in [-0.25, -0.2) is 4.98 Å². The van der Waals surface area contributed by atoms with E-state index in [-0.39, 0.29) is 6.04 Å². The molecule has 0 radical (unpaired) electrons. The lowest BCUT2D eigenvalue weighted by Crippen LogP contribution is -2.35. The lowest BCUT2D eigenvalue weighted by atomic mass is 10.1. The third kappa shape index (κ3) is 2.09. The van der Waals surface area contributed by atoms with E-state index in [1.807, 2.05) is 23.7 Å². The summed E-state index contributed by atoms with van der Waals surface area (Å²) in [5, 5.41) is 2.07. The highest BCUT2D eigenvalue weighted by Gasteiger charge is 2.28. The van der Waals surface area contributed by atoms with E-state index >= 15 is 0 Å². The maximum atomic E-state index is 5.97. The second-order valence-corrected chi connectivity index (χ2v) is 4.96. The number of nitrogens with zero attached hydrogens (tertiary/aromatic N) is 3. The molecule has 1 aliphatic rings. The van der Waals surface area contributed by atoms with E-state index in [1.165, 1.54) is 5.56 Å². The van der Waals surface area contributed by atoms with Crippen molar-refractivity contribution >= 4 is 17.3 Å². The number of aromatic nitrogens is 1. The van der Waals surface area contributed by atoms with Gasteiger partial charge in [-0.15, -0.1) is 11.3 Å². The van der Waals surface area contributed by atoms with Gasteiger partial charge in [-0.2, -0.15) is 0 Å². The lowest BCUT2D eigenvalue weighted by Gasteiger charge is -2.25. The van der Waals surface area contributed by atoms with Crippen molar-refractivity contribution < 1.29 is 0 Å². The quantitative estimate of drug-likeness (QED) is 0.916. The zero-order valence-electron chi connectivity index (χ0n) is 9.86. The molecule has 1 aliphatic heterocycles. The zero-order valence-corrected chi connectivity index (χ0v) is 10.7. The molecule has 1 unspecified atom stereocenters. The number of thiazole rings is 1. The van der Waals surface area contributed by atoms with Crippen LogP contribution < -0.4 is 5.73 Å². The summed E-state index contributed by atoms with van der Waals surface area (Å²) >= 11 is 1.61. The van der Waals surface area contributed by atoms with E-state index < -0.39 is 0 Å². The standard InChI is InChI=1S/C13H14N4S/c14-13-15-6-12(11-8-18-9-16-11)17(13)7-10-4-2-1-3-5-10/h1-5,8-9,12H,6-7H2,(H2,14,15). The van der Waals surface area contributed by atoms with Crippen LogP contribution in [0.15, 0.2) is 46.2 Å². The molecule has 3 rings (SSSR count). The van der Waals surface area contributed by atoms with Crippen LogP contribution in [0.25, 0.3) is 0 Å². The largest absolute Gasteiger partial charge is 0.370 e. The highest BCUT2D eigenvalue weighted by atomic mass is 32.1. The third-order valence-corrected chi connectivity index (χ3v) is 3.69. The summed E-state index contributed by atoms with van der Waals surface area (Å²) in [6.45, 7) is 1.47. The monoisotopic (exact) mass is 258 g/mol. The molecule has 92 valence electrons. The van der Waals surface area contributed by atoms with Crippen LogP contribution >= 0.6 is 11.3 Å². The maximum absolute atomic E-state index is 5.97. The van der Waals surface area contributed by atoms with Crippen LogP contribution in [-0.4, -0.2) is 22.4 Å². The Morgan fingerprint density at radius 3 is 2.89 bits per heavy atom. The molecule has 0 saturated carbocycles. The van der Waals surface area contributed by atoms with Gasteiger partial charge in [-0.3, -0.25) is 4.99 Å². The highest BCUT2D eigenvalue weighted by Crippen LogP contribution is 2.26. The molecule has 1 atom stereocenters. The molecule has 0 spiro atoms. The Bertz CT molecular complexity index is 535. The number of guanidine groups is 1. The van der Waals surface area contributed by atoms with Gasteiger partial charge >= 0.3 is 0 Å². The SMILES string of the molecule is NC1=NCC(c2cscn2)N1Cc1ccccc1. The first-order chi connectivity index (χ1) is 8.84. The number of rotatable bonds is 3. The van der Waals surface area contributed by atoms with Crippen LogP contribution in [-0.2, 0) is 6.54 Å². The predicted octanol–water partition coefficient (Wildman–Crippen LogP) is 2.01. The van der Waals surface area contributed by atoms with E-state index in [4.69, 9.17) is 5.73 Å². The minimum absolute atomic E-state index is 0.177. The van der Waals surface area contributed by atoms with Crippen LogP contribution in [0.3, 0.4) is 0 Å². The van der Waals surface area contributed by atoms with Gasteiger partial charge in [-0.1, -0.05) is 30.3 Å². The second kappa shape index (κ2) is 4.78. The minimum atomic E-state index is 0.177. The Morgan fingerprint density at radius 2 is 2.17 bits per heavy atom. The fraction of sp³-hybridized carbons (Fsp3) is 0.231. The first kappa shape index (κ1) is 11.2. The molecule has 18 heavy (non-hydrogen) atoms. The van der Waals surface area contributed by atoms with Gasteiger partial charge in [0.25, 0.3) is 0 Å². The Labute approximate surface area is 110 Å². The van der Waals surface area contributed by atoms with Crippen molar-refractivity contribution in [2.45, 2.75) is 12.6 Å². The molecule has 0 amide bonds. The van der Waals surface area contributed by atoms with Gasteiger partial charge in [0.05, 0.1) is 23.8 Å². The molecule has 5 heteroatoms. The van der Waals surface area contributed by atoms with Crippen LogP contribution in [0.4, 0.5) is 0 Å². The molecule has 0 fully saturated rings. The topological polar surface area (TPSA) is 54.5 Å². The van der Waals surface area contributed by atoms with Crippen LogP contribution in [0.1, 0.15) is 17.3 Å². The summed E-state index contributed by atoms with van der Waals surface area (Å²) < 4.78 is 0. The lowest BCUT2D eigenvalue weighted by molar-refractivity contribution is 0.335. The van der Waals surface area contributed by atoms with Gasteiger partial charge in [-0.05, 0) is 5.56 Å². The van der Waals surface area contributed by atoms with E-state index in [0.29, 0.717) is 12.5 Å². The Hall–Kier alpha value is -1.88. The minimum Gasteiger partial charge on any atom is -0.370 e. The predicted molar refractivity (Wildman–Crippen MR) is 73.3 cm³/mol. The molecule has 1 aromatic heterocycles. The van der Waals surface area contributed by atoms with Crippen molar-refractivity contribution in [2.24, 2.45) is 10.7 Å². The van der Waals surface area contributed by atoms with Gasteiger partial charge in [0.2, 0.25) is 0 Å². The first-order valence-corrected chi connectivity index (χ1v) is 6.77. The van der Waals surface area contributed by atoms with Crippen molar-refractivity contribution in [1.29, 1.82) is 0 Å². The van der Waals surface area contributed by atoms with Crippen molar-refractivity contribution in [1.82, 2.24) is 9.88 Å². The smallest absolute Gasteiger partial charge is 0.192 e. The van der Waals surface area contributed by atoms with E-state index in [0.717, 1.165) is 12.2 Å². The molecular formula is C13H14N4S. The molecule has 2 heterocycles. The second-order valence-electron chi connectivity index (χ2n) is 4.24. The number of hydrogen-bond acceptors (Lipinski definition) is 5. The summed E-state index contributed by atoms with van der Waals surface area (Å²) in [7, 11) is 0. The Balaban J connectivity index is 1.82. The summed E-state index contributed by atoms with van der Waals surface area (Å²) in [4.78, 5) is 10.8. The third-order valence-electron chi connectivity index (χ3n) is 3.09. The van der Waals surface area contributed by atoms with Gasteiger partial charge < -0.3 is 10.6 Å². The fourth-order valence-corrected chi connectivity index (χ4v) is 2.74. The zero-order chi connectivity index (χ0) is 12.4. The Morgan fingerprint density at radius 1 is 1.33 bits per heavy atom. The van der Waals surface area contributed by atoms with Gasteiger partial charge in [0.15, 0.2) is 5.96 Å². The number of aliphatic imine (C=N–C) groups is 1. The van der Waals surface area contributed by atoms with Crippen molar-refractivity contribution in [2.75, 3.05) is 6.54 Å². The van der Waals surface area contributed by atoms with Gasteiger partial charge in [0, 0.05) is 11.9 Å². The molecule has 2 aromatic rings. The highest BCUT2D eigenvalue weighted by molar-refractivity contribution is 7.07. The van der Waals surface area contributed by atoms with Crippen LogP contribution in [0.2, 0.25) is 0 Å². The molecule has 2 N–H and O–H groups in total. The fourth-order valence-electron chi connectivity index (χ4n) is 2.14. The summed E-state index contributed by atoms with van der Waals surface area (Å²) in [5.41, 5.74) is 10.1. The van der Waals surface area contributed by atoms with E-state index in [1.54, 1.807) is 11.3 Å². The Kier molecular flexibility index (Phi) is 2.98. The average molecular weight is 258 g/mol.